The summed E-state index contributed by atoms with van der Waals surface area (Å²) < 4.78 is 6.62. The molecule has 94 valence electrons. The number of nitrogens with zero attached hydrogens (tertiary/aromatic N) is 2. The van der Waals surface area contributed by atoms with Crippen molar-refractivity contribution >= 4 is 32.4 Å². The van der Waals surface area contributed by atoms with Gasteiger partial charge in [-0.15, -0.1) is 5.10 Å². The monoisotopic (exact) mass is 315 g/mol. The van der Waals surface area contributed by atoms with Crippen molar-refractivity contribution in [3.8, 4) is 11.6 Å². The van der Waals surface area contributed by atoms with E-state index in [0.717, 1.165) is 15.2 Å². The van der Waals surface area contributed by atoms with E-state index in [0.29, 0.717) is 17.3 Å². The summed E-state index contributed by atoms with van der Waals surface area (Å²) in [5.41, 5.74) is 6.39. The molecule has 1 heterocycles. The lowest BCUT2D eigenvalue weighted by atomic mass is 10.2. The number of hydrogen-bond acceptors (Lipinski definition) is 4. The summed E-state index contributed by atoms with van der Waals surface area (Å²) in [7, 11) is 0. The summed E-state index contributed by atoms with van der Waals surface area (Å²) in [6.07, 6.45) is 1.70. The van der Waals surface area contributed by atoms with Crippen molar-refractivity contribution in [3.05, 3.63) is 53.1 Å². The van der Waals surface area contributed by atoms with Gasteiger partial charge in [-0.3, -0.25) is 0 Å². The van der Waals surface area contributed by atoms with Crippen LogP contribution in [0.4, 0.5) is 5.69 Å². The molecule has 0 aliphatic rings. The SMILES string of the molecule is Nc1ccc(Br)c(Oc2nncc3ccccc23)c1. The average molecular weight is 316 g/mol. The van der Waals surface area contributed by atoms with Gasteiger partial charge in [0.15, 0.2) is 0 Å². The number of halogens is 1. The largest absolute Gasteiger partial charge is 0.436 e. The van der Waals surface area contributed by atoms with Crippen molar-refractivity contribution in [2.75, 3.05) is 5.73 Å². The minimum Gasteiger partial charge on any atom is -0.436 e. The van der Waals surface area contributed by atoms with Crippen LogP contribution in [0.2, 0.25) is 0 Å². The van der Waals surface area contributed by atoms with Crippen LogP contribution in [0.5, 0.6) is 11.6 Å². The minimum atomic E-state index is 0.462. The van der Waals surface area contributed by atoms with Crippen LogP contribution in [0.25, 0.3) is 10.8 Å². The lowest BCUT2D eigenvalue weighted by Crippen LogP contribution is -1.94. The molecule has 0 saturated heterocycles. The summed E-state index contributed by atoms with van der Waals surface area (Å²) in [6, 6.07) is 13.2. The van der Waals surface area contributed by atoms with Gasteiger partial charge in [0.25, 0.3) is 0 Å². The number of aromatic nitrogens is 2. The number of hydrogen-bond donors (Lipinski definition) is 1. The van der Waals surface area contributed by atoms with E-state index in [-0.39, 0.29) is 0 Å². The van der Waals surface area contributed by atoms with Crippen LogP contribution in [0.1, 0.15) is 0 Å². The number of nitrogen functional groups attached to an aromatic ring is 1. The second-order valence-corrected chi connectivity index (χ2v) is 4.88. The van der Waals surface area contributed by atoms with Gasteiger partial charge in [0.2, 0.25) is 5.88 Å². The van der Waals surface area contributed by atoms with Crippen LogP contribution in [-0.2, 0) is 0 Å². The van der Waals surface area contributed by atoms with E-state index in [4.69, 9.17) is 10.5 Å². The Kier molecular flexibility index (Phi) is 3.05. The molecule has 2 N–H and O–H groups in total. The molecule has 0 radical (unpaired) electrons. The number of ether oxygens (including phenoxy) is 1. The first-order chi connectivity index (χ1) is 9.24. The Morgan fingerprint density at radius 1 is 1.11 bits per heavy atom. The third-order valence-electron chi connectivity index (χ3n) is 2.70. The zero-order valence-corrected chi connectivity index (χ0v) is 11.5. The maximum absolute atomic E-state index is 5.80. The summed E-state index contributed by atoms with van der Waals surface area (Å²) >= 11 is 3.42. The maximum Gasteiger partial charge on any atom is 0.246 e. The first kappa shape index (κ1) is 11.9. The van der Waals surface area contributed by atoms with Crippen molar-refractivity contribution in [2.24, 2.45) is 0 Å². The number of anilines is 1. The molecule has 0 amide bonds. The van der Waals surface area contributed by atoms with Crippen LogP contribution in [0.15, 0.2) is 53.1 Å². The van der Waals surface area contributed by atoms with Gasteiger partial charge >= 0.3 is 0 Å². The molecular formula is C14H10BrN3O. The highest BCUT2D eigenvalue weighted by atomic mass is 79.9. The molecular weight excluding hydrogens is 306 g/mol. The number of benzene rings is 2. The van der Waals surface area contributed by atoms with Gasteiger partial charge < -0.3 is 10.5 Å². The number of nitrogens with two attached hydrogens (primary N) is 1. The molecule has 3 aromatic rings. The molecule has 0 unspecified atom stereocenters. The van der Waals surface area contributed by atoms with Crippen LogP contribution < -0.4 is 10.5 Å². The lowest BCUT2D eigenvalue weighted by Gasteiger charge is -2.09. The van der Waals surface area contributed by atoms with Crippen molar-refractivity contribution in [1.82, 2.24) is 10.2 Å². The van der Waals surface area contributed by atoms with Crippen molar-refractivity contribution < 1.29 is 4.74 Å². The van der Waals surface area contributed by atoms with E-state index in [1.54, 1.807) is 18.3 Å². The highest BCUT2D eigenvalue weighted by Crippen LogP contribution is 2.33. The fourth-order valence-electron chi connectivity index (χ4n) is 1.78. The predicted octanol–water partition coefficient (Wildman–Crippen LogP) is 3.77. The molecule has 4 nitrogen and oxygen atoms in total. The van der Waals surface area contributed by atoms with E-state index in [2.05, 4.69) is 26.1 Å². The van der Waals surface area contributed by atoms with E-state index < -0.39 is 0 Å². The summed E-state index contributed by atoms with van der Waals surface area (Å²) in [5.74, 6) is 1.08. The fraction of sp³-hybridized carbons (Fsp3) is 0. The minimum absolute atomic E-state index is 0.462. The zero-order valence-electron chi connectivity index (χ0n) is 9.88. The predicted molar refractivity (Wildman–Crippen MR) is 78.2 cm³/mol. The van der Waals surface area contributed by atoms with Crippen molar-refractivity contribution in [3.63, 3.8) is 0 Å². The molecule has 3 rings (SSSR count). The van der Waals surface area contributed by atoms with E-state index in [9.17, 15) is 0 Å². The number of fused-ring (bicyclic) bond motifs is 1. The Morgan fingerprint density at radius 2 is 1.95 bits per heavy atom. The second kappa shape index (κ2) is 4.85. The Balaban J connectivity index is 2.08. The molecule has 0 saturated carbocycles. The van der Waals surface area contributed by atoms with Crippen molar-refractivity contribution in [1.29, 1.82) is 0 Å². The Labute approximate surface area is 118 Å². The maximum atomic E-state index is 5.80. The molecule has 19 heavy (non-hydrogen) atoms. The van der Waals surface area contributed by atoms with Gasteiger partial charge in [0.05, 0.1) is 10.7 Å². The summed E-state index contributed by atoms with van der Waals surface area (Å²) in [5, 5.41) is 9.87. The molecule has 0 aliphatic heterocycles. The molecule has 0 aliphatic carbocycles. The third-order valence-corrected chi connectivity index (χ3v) is 3.35. The first-order valence-electron chi connectivity index (χ1n) is 5.67. The zero-order chi connectivity index (χ0) is 13.2. The van der Waals surface area contributed by atoms with Crippen LogP contribution in [-0.4, -0.2) is 10.2 Å². The lowest BCUT2D eigenvalue weighted by molar-refractivity contribution is 0.459. The molecule has 0 spiro atoms. The number of rotatable bonds is 2. The van der Waals surface area contributed by atoms with Gasteiger partial charge in [0, 0.05) is 22.5 Å². The van der Waals surface area contributed by atoms with Gasteiger partial charge in [-0.25, -0.2) is 0 Å². The molecule has 0 atom stereocenters. The smallest absolute Gasteiger partial charge is 0.246 e. The van der Waals surface area contributed by atoms with Gasteiger partial charge in [0.1, 0.15) is 5.75 Å². The molecule has 2 aromatic carbocycles. The van der Waals surface area contributed by atoms with E-state index >= 15 is 0 Å². The Morgan fingerprint density at radius 3 is 2.84 bits per heavy atom. The molecule has 1 aromatic heterocycles. The van der Waals surface area contributed by atoms with Gasteiger partial charge in [-0.1, -0.05) is 18.2 Å². The van der Waals surface area contributed by atoms with Gasteiger partial charge in [-0.2, -0.15) is 5.10 Å². The van der Waals surface area contributed by atoms with Crippen molar-refractivity contribution in [2.45, 2.75) is 0 Å². The van der Waals surface area contributed by atoms with Gasteiger partial charge in [-0.05, 0) is 34.1 Å². The summed E-state index contributed by atoms with van der Waals surface area (Å²) in [4.78, 5) is 0. The Hall–Kier alpha value is -2.14. The Bertz CT molecular complexity index is 740. The quantitative estimate of drug-likeness (QED) is 0.731. The standard InChI is InChI=1S/C14H10BrN3O/c15-12-6-5-10(16)7-13(12)19-14-11-4-2-1-3-9(11)8-17-18-14/h1-8H,16H2. The normalized spacial score (nSPS) is 10.6. The highest BCUT2D eigenvalue weighted by molar-refractivity contribution is 9.10. The highest BCUT2D eigenvalue weighted by Gasteiger charge is 2.08. The summed E-state index contributed by atoms with van der Waals surface area (Å²) in [6.45, 7) is 0. The second-order valence-electron chi connectivity index (χ2n) is 4.03. The average Bonchev–Trinajstić information content (AvgIpc) is 2.43. The van der Waals surface area contributed by atoms with E-state index in [1.807, 2.05) is 30.3 Å². The fourth-order valence-corrected chi connectivity index (χ4v) is 2.11. The molecule has 0 bridgehead atoms. The first-order valence-corrected chi connectivity index (χ1v) is 6.46. The molecule has 0 fully saturated rings. The van der Waals surface area contributed by atoms with E-state index in [1.165, 1.54) is 0 Å². The van der Waals surface area contributed by atoms with Crippen LogP contribution in [0.3, 0.4) is 0 Å². The molecule has 5 heteroatoms. The van der Waals surface area contributed by atoms with Crippen LogP contribution in [0, 0.1) is 0 Å². The topological polar surface area (TPSA) is 61.0 Å². The van der Waals surface area contributed by atoms with Crippen LogP contribution >= 0.6 is 15.9 Å². The third kappa shape index (κ3) is 2.37.